The van der Waals surface area contributed by atoms with Gasteiger partial charge in [0.25, 0.3) is 5.91 Å². The number of piperazine rings is 1. The van der Waals surface area contributed by atoms with E-state index in [-0.39, 0.29) is 18.1 Å². The minimum atomic E-state index is -3.18. The SMILES string of the molecule is CN1CCN(C(=O)N(Cc2ccc(C(=O)CNC(=O)C(F)F)cn2)c2ccccc2)CC1. The average Bonchev–Trinajstić information content (AvgIpc) is 2.81. The lowest BCUT2D eigenvalue weighted by molar-refractivity contribution is -0.131. The van der Waals surface area contributed by atoms with E-state index in [4.69, 9.17) is 0 Å². The van der Waals surface area contributed by atoms with Crippen molar-refractivity contribution in [2.75, 3.05) is 44.7 Å². The number of hydrogen-bond acceptors (Lipinski definition) is 5. The van der Waals surface area contributed by atoms with Crippen molar-refractivity contribution in [3.05, 3.63) is 59.9 Å². The van der Waals surface area contributed by atoms with Crippen molar-refractivity contribution in [2.45, 2.75) is 13.0 Å². The van der Waals surface area contributed by atoms with Crippen LogP contribution in [0.3, 0.4) is 0 Å². The number of benzene rings is 1. The molecule has 2 heterocycles. The van der Waals surface area contributed by atoms with Gasteiger partial charge >= 0.3 is 12.5 Å². The summed E-state index contributed by atoms with van der Waals surface area (Å²) in [5, 5.41) is 1.87. The van der Waals surface area contributed by atoms with E-state index in [1.807, 2.05) is 42.7 Å². The second-order valence-electron chi connectivity index (χ2n) is 7.47. The summed E-state index contributed by atoms with van der Waals surface area (Å²) in [6.07, 6.45) is -1.86. The van der Waals surface area contributed by atoms with E-state index < -0.39 is 24.7 Å². The van der Waals surface area contributed by atoms with Crippen molar-refractivity contribution < 1.29 is 23.2 Å². The van der Waals surface area contributed by atoms with Crippen molar-refractivity contribution in [1.29, 1.82) is 0 Å². The maximum Gasteiger partial charge on any atom is 0.324 e. The van der Waals surface area contributed by atoms with Crippen LogP contribution in [0, 0.1) is 0 Å². The Bertz CT molecular complexity index is 932. The fourth-order valence-electron chi connectivity index (χ4n) is 3.24. The van der Waals surface area contributed by atoms with Gasteiger partial charge in [0.1, 0.15) is 0 Å². The van der Waals surface area contributed by atoms with E-state index in [0.29, 0.717) is 18.8 Å². The molecule has 0 saturated carbocycles. The molecular weight excluding hydrogens is 420 g/mol. The number of nitrogens with zero attached hydrogens (tertiary/aromatic N) is 4. The van der Waals surface area contributed by atoms with E-state index in [1.54, 1.807) is 15.9 Å². The summed E-state index contributed by atoms with van der Waals surface area (Å²) in [4.78, 5) is 46.1. The van der Waals surface area contributed by atoms with E-state index in [1.165, 1.54) is 12.3 Å². The second-order valence-corrected chi connectivity index (χ2v) is 7.47. The number of para-hydroxylation sites is 1. The summed E-state index contributed by atoms with van der Waals surface area (Å²) in [6, 6.07) is 12.2. The number of nitrogens with one attached hydrogen (secondary N) is 1. The number of amides is 3. The van der Waals surface area contributed by atoms with Crippen LogP contribution in [0.4, 0.5) is 19.3 Å². The number of anilines is 1. The van der Waals surface area contributed by atoms with Gasteiger partial charge in [0, 0.05) is 43.6 Å². The quantitative estimate of drug-likeness (QED) is 0.659. The van der Waals surface area contributed by atoms with Crippen LogP contribution in [0.5, 0.6) is 0 Å². The highest BCUT2D eigenvalue weighted by atomic mass is 19.3. The lowest BCUT2D eigenvalue weighted by Gasteiger charge is -2.36. The zero-order valence-corrected chi connectivity index (χ0v) is 17.7. The van der Waals surface area contributed by atoms with E-state index in [9.17, 15) is 23.2 Å². The number of urea groups is 1. The number of likely N-dealkylation sites (N-methyl/N-ethyl adjacent to an activating group) is 1. The monoisotopic (exact) mass is 445 g/mol. The fraction of sp³-hybridized carbons (Fsp3) is 0.364. The first-order chi connectivity index (χ1) is 15.3. The van der Waals surface area contributed by atoms with Crippen LogP contribution in [0.25, 0.3) is 0 Å². The highest BCUT2D eigenvalue weighted by Crippen LogP contribution is 2.19. The molecule has 3 amide bonds. The maximum absolute atomic E-state index is 13.2. The molecule has 1 saturated heterocycles. The average molecular weight is 445 g/mol. The Morgan fingerprint density at radius 2 is 1.75 bits per heavy atom. The van der Waals surface area contributed by atoms with Gasteiger partial charge in [0.2, 0.25) is 0 Å². The molecule has 2 aromatic rings. The third-order valence-electron chi connectivity index (χ3n) is 5.16. The molecule has 0 bridgehead atoms. The van der Waals surface area contributed by atoms with Crippen LogP contribution in [0.1, 0.15) is 16.1 Å². The third-order valence-corrected chi connectivity index (χ3v) is 5.16. The molecule has 3 rings (SSSR count). The van der Waals surface area contributed by atoms with Crippen LogP contribution >= 0.6 is 0 Å². The summed E-state index contributed by atoms with van der Waals surface area (Å²) in [5.41, 5.74) is 1.47. The second kappa shape index (κ2) is 10.8. The van der Waals surface area contributed by atoms with Gasteiger partial charge in [-0.25, -0.2) is 4.79 Å². The normalized spacial score (nSPS) is 14.3. The predicted molar refractivity (Wildman–Crippen MR) is 115 cm³/mol. The van der Waals surface area contributed by atoms with E-state index in [2.05, 4.69) is 9.88 Å². The highest BCUT2D eigenvalue weighted by molar-refractivity contribution is 5.99. The molecule has 8 nitrogen and oxygen atoms in total. The number of carbonyl (C=O) groups is 3. The molecule has 0 atom stereocenters. The minimum Gasteiger partial charge on any atom is -0.344 e. The van der Waals surface area contributed by atoms with Gasteiger partial charge in [0.15, 0.2) is 5.78 Å². The Kier molecular flexibility index (Phi) is 7.82. The minimum absolute atomic E-state index is 0.124. The van der Waals surface area contributed by atoms with Crippen LogP contribution < -0.4 is 10.2 Å². The lowest BCUT2D eigenvalue weighted by Crippen LogP contribution is -2.52. The molecule has 1 aliphatic rings. The number of alkyl halides is 2. The zero-order valence-electron chi connectivity index (χ0n) is 17.7. The molecule has 0 spiro atoms. The third kappa shape index (κ3) is 6.07. The highest BCUT2D eigenvalue weighted by Gasteiger charge is 2.26. The Morgan fingerprint density at radius 3 is 2.34 bits per heavy atom. The van der Waals surface area contributed by atoms with E-state index in [0.717, 1.165) is 18.8 Å². The summed E-state index contributed by atoms with van der Waals surface area (Å²) in [5.74, 6) is -2.03. The number of ketones is 1. The topological polar surface area (TPSA) is 85.9 Å². The van der Waals surface area contributed by atoms with Crippen LogP contribution in [-0.4, -0.2) is 78.7 Å². The Morgan fingerprint density at radius 1 is 1.06 bits per heavy atom. The van der Waals surface area contributed by atoms with Gasteiger partial charge in [-0.1, -0.05) is 18.2 Å². The molecule has 10 heteroatoms. The first kappa shape index (κ1) is 23.3. The molecule has 32 heavy (non-hydrogen) atoms. The number of rotatable bonds is 7. The number of halogens is 2. The number of aromatic nitrogens is 1. The molecule has 0 unspecified atom stereocenters. The first-order valence-electron chi connectivity index (χ1n) is 10.2. The summed E-state index contributed by atoms with van der Waals surface area (Å²) in [6.45, 7) is 2.51. The van der Waals surface area contributed by atoms with Crippen molar-refractivity contribution in [3.8, 4) is 0 Å². The standard InChI is InChI=1S/C22H25F2N5O3/c1-27-9-11-28(12-10-27)22(32)29(18-5-3-2-4-6-18)15-17-8-7-16(13-25-17)19(30)14-26-21(31)20(23)24/h2-8,13,20H,9-12,14-15H2,1H3,(H,26,31). The lowest BCUT2D eigenvalue weighted by atomic mass is 10.1. The molecule has 1 N–H and O–H groups in total. The van der Waals surface area contributed by atoms with E-state index >= 15 is 0 Å². The first-order valence-corrected chi connectivity index (χ1v) is 10.2. The molecule has 1 aromatic heterocycles. The Balaban J connectivity index is 1.70. The van der Waals surface area contributed by atoms with Crippen molar-refractivity contribution in [1.82, 2.24) is 20.1 Å². The largest absolute Gasteiger partial charge is 0.344 e. The molecule has 0 radical (unpaired) electrons. The predicted octanol–water partition coefficient (Wildman–Crippen LogP) is 2.02. The van der Waals surface area contributed by atoms with Gasteiger partial charge in [-0.2, -0.15) is 8.78 Å². The van der Waals surface area contributed by atoms with Gasteiger partial charge in [-0.15, -0.1) is 0 Å². The molecule has 1 aromatic carbocycles. The summed E-state index contributed by atoms with van der Waals surface area (Å²) < 4.78 is 24.5. The zero-order chi connectivity index (χ0) is 23.1. The number of Topliss-reactive ketones (excluding diaryl/α,β-unsaturated/α-hetero) is 1. The van der Waals surface area contributed by atoms with Crippen molar-refractivity contribution in [2.24, 2.45) is 0 Å². The number of pyridine rings is 1. The molecule has 1 fully saturated rings. The molecule has 170 valence electrons. The van der Waals surface area contributed by atoms with Gasteiger partial charge in [-0.05, 0) is 31.3 Å². The van der Waals surface area contributed by atoms with Gasteiger partial charge in [0.05, 0.1) is 18.8 Å². The molecule has 1 aliphatic heterocycles. The maximum atomic E-state index is 13.2. The Labute approximate surface area is 184 Å². The van der Waals surface area contributed by atoms with Crippen molar-refractivity contribution >= 4 is 23.4 Å². The fourth-order valence-corrected chi connectivity index (χ4v) is 3.24. The molecular formula is C22H25F2N5O3. The molecule has 0 aliphatic carbocycles. The number of hydrogen-bond donors (Lipinski definition) is 1. The Hall–Kier alpha value is -3.40. The smallest absolute Gasteiger partial charge is 0.324 e. The van der Waals surface area contributed by atoms with Gasteiger partial charge < -0.3 is 15.1 Å². The van der Waals surface area contributed by atoms with Crippen LogP contribution in [-0.2, 0) is 11.3 Å². The van der Waals surface area contributed by atoms with Gasteiger partial charge in [-0.3, -0.25) is 19.5 Å². The van der Waals surface area contributed by atoms with Crippen LogP contribution in [0.2, 0.25) is 0 Å². The van der Waals surface area contributed by atoms with Crippen molar-refractivity contribution in [3.63, 3.8) is 0 Å². The van der Waals surface area contributed by atoms with Crippen LogP contribution in [0.15, 0.2) is 48.7 Å². The summed E-state index contributed by atoms with van der Waals surface area (Å²) in [7, 11) is 2.02. The summed E-state index contributed by atoms with van der Waals surface area (Å²) >= 11 is 0. The number of carbonyl (C=O) groups excluding carboxylic acids is 3.